The quantitative estimate of drug-likeness (QED) is 0.689. The number of aromatic nitrogens is 3. The van der Waals surface area contributed by atoms with Crippen LogP contribution >= 0.6 is 22.7 Å². The maximum absolute atomic E-state index is 13.0. The number of carbonyl (C=O) groups is 1. The van der Waals surface area contributed by atoms with Crippen LogP contribution in [0.4, 0.5) is 14.7 Å². The highest BCUT2D eigenvalue weighted by atomic mass is 32.2. The van der Waals surface area contributed by atoms with Crippen LogP contribution in [0.3, 0.4) is 0 Å². The molecule has 0 saturated carbocycles. The van der Waals surface area contributed by atoms with Crippen molar-refractivity contribution < 1.29 is 17.6 Å². The normalized spacial score (nSPS) is 11.3. The molecule has 0 unspecified atom stereocenters. The predicted octanol–water partition coefficient (Wildman–Crippen LogP) is 2.45. The summed E-state index contributed by atoms with van der Waals surface area (Å²) in [7, 11) is -1.88. The highest BCUT2D eigenvalue weighted by Gasteiger charge is 2.19. The standard InChI is InChI=1S/C14H12FN5O3S3/c1-20(12(21)8-3-5-9(15)6-4-8)14-16-10(7-24-14)11-17-18-13(25-11)19-26(2,22)23/h3-7H,1-2H3,(H,18,19). The Morgan fingerprint density at radius 3 is 2.58 bits per heavy atom. The van der Waals surface area contributed by atoms with E-state index in [2.05, 4.69) is 19.9 Å². The molecule has 2 aromatic heterocycles. The number of hydrogen-bond acceptors (Lipinski definition) is 8. The average Bonchev–Trinajstić information content (AvgIpc) is 3.22. The van der Waals surface area contributed by atoms with Gasteiger partial charge in [-0.2, -0.15) is 0 Å². The highest BCUT2D eigenvalue weighted by molar-refractivity contribution is 7.92. The lowest BCUT2D eigenvalue weighted by molar-refractivity contribution is 0.0993. The van der Waals surface area contributed by atoms with E-state index in [9.17, 15) is 17.6 Å². The number of rotatable bonds is 5. The fourth-order valence-corrected chi connectivity index (χ4v) is 4.30. The number of nitrogens with one attached hydrogen (secondary N) is 1. The second-order valence-electron chi connectivity index (χ2n) is 5.17. The second-order valence-corrected chi connectivity index (χ2v) is 8.74. The molecule has 0 spiro atoms. The highest BCUT2D eigenvalue weighted by Crippen LogP contribution is 2.31. The molecule has 12 heteroatoms. The Bertz CT molecular complexity index is 1050. The predicted molar refractivity (Wildman–Crippen MR) is 98.6 cm³/mol. The van der Waals surface area contributed by atoms with Crippen molar-refractivity contribution in [3.63, 3.8) is 0 Å². The molecule has 136 valence electrons. The SMILES string of the molecule is CN(C(=O)c1ccc(F)cc1)c1nc(-c2nnc(NS(C)(=O)=O)s2)cs1. The molecule has 0 saturated heterocycles. The van der Waals surface area contributed by atoms with Gasteiger partial charge in [0.1, 0.15) is 11.5 Å². The Morgan fingerprint density at radius 2 is 1.92 bits per heavy atom. The van der Waals surface area contributed by atoms with Gasteiger partial charge in [-0.3, -0.25) is 14.4 Å². The van der Waals surface area contributed by atoms with Crippen molar-refractivity contribution in [3.8, 4) is 10.7 Å². The Morgan fingerprint density at radius 1 is 1.23 bits per heavy atom. The van der Waals surface area contributed by atoms with Crippen LogP contribution in [-0.4, -0.2) is 42.8 Å². The zero-order chi connectivity index (χ0) is 18.9. The number of nitrogens with zero attached hydrogens (tertiary/aromatic N) is 4. The van der Waals surface area contributed by atoms with Crippen LogP contribution < -0.4 is 9.62 Å². The molecule has 0 radical (unpaired) electrons. The van der Waals surface area contributed by atoms with E-state index in [4.69, 9.17) is 0 Å². The lowest BCUT2D eigenvalue weighted by atomic mass is 10.2. The molecule has 3 rings (SSSR count). The second kappa shape index (κ2) is 7.05. The summed E-state index contributed by atoms with van der Waals surface area (Å²) in [5.74, 6) is -0.752. The van der Waals surface area contributed by atoms with E-state index in [1.54, 1.807) is 12.4 Å². The van der Waals surface area contributed by atoms with Crippen LogP contribution in [0.25, 0.3) is 10.7 Å². The fraction of sp³-hybridized carbons (Fsp3) is 0.143. The number of thiazole rings is 1. The minimum absolute atomic E-state index is 0.132. The average molecular weight is 413 g/mol. The number of benzene rings is 1. The van der Waals surface area contributed by atoms with Gasteiger partial charge < -0.3 is 0 Å². The van der Waals surface area contributed by atoms with E-state index in [1.165, 1.54) is 40.5 Å². The van der Waals surface area contributed by atoms with Gasteiger partial charge >= 0.3 is 0 Å². The molecule has 26 heavy (non-hydrogen) atoms. The Kier molecular flexibility index (Phi) is 4.98. The van der Waals surface area contributed by atoms with Crippen LogP contribution in [0.2, 0.25) is 0 Å². The van der Waals surface area contributed by atoms with Crippen molar-refractivity contribution in [2.24, 2.45) is 0 Å². The smallest absolute Gasteiger partial charge is 0.259 e. The Balaban J connectivity index is 1.79. The fourth-order valence-electron chi connectivity index (χ4n) is 1.92. The Hall–Kier alpha value is -2.44. The van der Waals surface area contributed by atoms with Crippen molar-refractivity contribution in [3.05, 3.63) is 41.0 Å². The molecule has 0 aliphatic heterocycles. The van der Waals surface area contributed by atoms with Crippen LogP contribution in [0.15, 0.2) is 29.6 Å². The van der Waals surface area contributed by atoms with Gasteiger partial charge in [-0.15, -0.1) is 21.5 Å². The number of carbonyl (C=O) groups excluding carboxylic acids is 1. The first kappa shape index (κ1) is 18.4. The molecule has 0 fully saturated rings. The van der Waals surface area contributed by atoms with Crippen LogP contribution in [0, 0.1) is 5.82 Å². The molecule has 0 bridgehead atoms. The summed E-state index contributed by atoms with van der Waals surface area (Å²) >= 11 is 2.25. The van der Waals surface area contributed by atoms with Gasteiger partial charge in [0, 0.05) is 18.0 Å². The molecular weight excluding hydrogens is 401 g/mol. The van der Waals surface area contributed by atoms with Gasteiger partial charge in [0.15, 0.2) is 10.1 Å². The van der Waals surface area contributed by atoms with E-state index < -0.39 is 15.8 Å². The van der Waals surface area contributed by atoms with Crippen molar-refractivity contribution in [1.29, 1.82) is 0 Å². The molecule has 1 aromatic carbocycles. The molecule has 0 aliphatic carbocycles. The summed E-state index contributed by atoms with van der Waals surface area (Å²) in [5, 5.41) is 10.3. The molecule has 8 nitrogen and oxygen atoms in total. The monoisotopic (exact) mass is 413 g/mol. The van der Waals surface area contributed by atoms with Gasteiger partial charge in [0.2, 0.25) is 15.2 Å². The van der Waals surface area contributed by atoms with Crippen molar-refractivity contribution in [2.75, 3.05) is 22.9 Å². The third-order valence-electron chi connectivity index (χ3n) is 3.09. The van der Waals surface area contributed by atoms with Crippen LogP contribution in [0.5, 0.6) is 0 Å². The lowest BCUT2D eigenvalue weighted by Gasteiger charge is -2.13. The first-order chi connectivity index (χ1) is 12.2. The zero-order valence-electron chi connectivity index (χ0n) is 13.5. The minimum atomic E-state index is -3.44. The van der Waals surface area contributed by atoms with Gasteiger partial charge in [-0.1, -0.05) is 11.3 Å². The molecular formula is C14H12FN5O3S3. The molecule has 1 N–H and O–H groups in total. The molecule has 0 aliphatic rings. The van der Waals surface area contributed by atoms with E-state index in [1.807, 2.05) is 0 Å². The molecule has 1 amide bonds. The number of sulfonamides is 1. The summed E-state index contributed by atoms with van der Waals surface area (Å²) in [6.07, 6.45) is 1.02. The first-order valence-electron chi connectivity index (χ1n) is 7.04. The summed E-state index contributed by atoms with van der Waals surface area (Å²) in [5.41, 5.74) is 0.809. The van der Waals surface area contributed by atoms with Crippen molar-refractivity contribution >= 4 is 48.9 Å². The largest absolute Gasteiger partial charge is 0.287 e. The number of halogens is 1. The van der Waals surface area contributed by atoms with Gasteiger partial charge in [0.05, 0.1) is 6.26 Å². The van der Waals surface area contributed by atoms with E-state index in [0.29, 0.717) is 21.4 Å². The van der Waals surface area contributed by atoms with Gasteiger partial charge in [-0.05, 0) is 24.3 Å². The first-order valence-corrected chi connectivity index (χ1v) is 10.6. The van der Waals surface area contributed by atoms with Crippen LogP contribution in [0.1, 0.15) is 10.4 Å². The molecule has 2 heterocycles. The number of anilines is 2. The maximum Gasteiger partial charge on any atom is 0.259 e. The van der Waals surface area contributed by atoms with E-state index in [0.717, 1.165) is 17.6 Å². The van der Waals surface area contributed by atoms with Crippen LogP contribution in [-0.2, 0) is 10.0 Å². The van der Waals surface area contributed by atoms with E-state index >= 15 is 0 Å². The molecule has 0 atom stereocenters. The summed E-state index contributed by atoms with van der Waals surface area (Å²) in [6, 6.07) is 5.23. The third-order valence-corrected chi connectivity index (χ3v) is 5.56. The van der Waals surface area contributed by atoms with E-state index in [-0.39, 0.29) is 11.0 Å². The summed E-state index contributed by atoms with van der Waals surface area (Å²) in [4.78, 5) is 18.1. The van der Waals surface area contributed by atoms with Gasteiger partial charge in [-0.25, -0.2) is 17.8 Å². The number of amides is 1. The maximum atomic E-state index is 13.0. The minimum Gasteiger partial charge on any atom is -0.287 e. The Labute approximate surface area is 156 Å². The van der Waals surface area contributed by atoms with Crippen molar-refractivity contribution in [2.45, 2.75) is 0 Å². The third kappa shape index (κ3) is 4.20. The van der Waals surface area contributed by atoms with Crippen molar-refractivity contribution in [1.82, 2.24) is 15.2 Å². The number of hydrogen-bond donors (Lipinski definition) is 1. The summed E-state index contributed by atoms with van der Waals surface area (Å²) in [6.45, 7) is 0. The zero-order valence-corrected chi connectivity index (χ0v) is 16.0. The summed E-state index contributed by atoms with van der Waals surface area (Å²) < 4.78 is 37.7. The molecule has 3 aromatic rings. The topological polar surface area (TPSA) is 105 Å². The van der Waals surface area contributed by atoms with Gasteiger partial charge in [0.25, 0.3) is 5.91 Å². The lowest BCUT2D eigenvalue weighted by Crippen LogP contribution is -2.26.